The van der Waals surface area contributed by atoms with Crippen molar-refractivity contribution in [2.75, 3.05) is 0 Å². The minimum absolute atomic E-state index is 0.0212. The van der Waals surface area contributed by atoms with E-state index in [0.29, 0.717) is 12.0 Å². The molecule has 1 amide bonds. The van der Waals surface area contributed by atoms with Crippen LogP contribution in [0.3, 0.4) is 0 Å². The van der Waals surface area contributed by atoms with Crippen molar-refractivity contribution in [1.29, 1.82) is 0 Å². The van der Waals surface area contributed by atoms with E-state index < -0.39 is 5.97 Å². The maximum atomic E-state index is 12.5. The van der Waals surface area contributed by atoms with Crippen LogP contribution in [-0.4, -0.2) is 49.0 Å². The number of aromatic nitrogens is 3. The van der Waals surface area contributed by atoms with Crippen LogP contribution in [0, 0.1) is 5.92 Å². The molecular weight excluding hydrogens is 272 g/mol. The Balaban J connectivity index is 2.06. The predicted octanol–water partition coefficient (Wildman–Crippen LogP) is 1.40. The summed E-state index contributed by atoms with van der Waals surface area (Å²) in [5.41, 5.74) is -0.143. The van der Waals surface area contributed by atoms with E-state index in [0.717, 1.165) is 19.3 Å². The number of carbonyl (C=O) groups is 2. The van der Waals surface area contributed by atoms with Crippen molar-refractivity contribution in [2.45, 2.75) is 58.7 Å². The van der Waals surface area contributed by atoms with Gasteiger partial charge in [-0.05, 0) is 25.7 Å². The summed E-state index contributed by atoms with van der Waals surface area (Å²) in [7, 11) is 0. The summed E-state index contributed by atoms with van der Waals surface area (Å²) in [5.74, 6) is -0.729. The van der Waals surface area contributed by atoms with Crippen LogP contribution >= 0.6 is 0 Å². The Hall–Kier alpha value is -1.92. The molecule has 1 heterocycles. The molecule has 0 aliphatic heterocycles. The molecule has 0 aromatic carbocycles. The quantitative estimate of drug-likeness (QED) is 0.821. The minimum Gasteiger partial charge on any atom is -0.476 e. The van der Waals surface area contributed by atoms with Gasteiger partial charge in [-0.15, -0.1) is 5.10 Å². The van der Waals surface area contributed by atoms with Crippen molar-refractivity contribution in [2.24, 2.45) is 5.92 Å². The van der Waals surface area contributed by atoms with Gasteiger partial charge in [0.05, 0.1) is 6.20 Å². The first-order valence-corrected chi connectivity index (χ1v) is 7.38. The van der Waals surface area contributed by atoms with Crippen molar-refractivity contribution >= 4 is 11.9 Å². The van der Waals surface area contributed by atoms with Crippen LogP contribution in [0.15, 0.2) is 6.20 Å². The molecule has 1 aromatic rings. The van der Waals surface area contributed by atoms with Gasteiger partial charge >= 0.3 is 5.97 Å². The minimum atomic E-state index is -1.14. The standard InChI is InChI=1S/C14H22N4O3/c1-4-9(2)10(3)18(11-5-6-11)13(19)8-17-7-12(14(20)21)15-16-17/h7,9-11H,4-6,8H2,1-3H3,(H,20,21). The zero-order valence-corrected chi connectivity index (χ0v) is 12.7. The Morgan fingerprint density at radius 2 is 2.14 bits per heavy atom. The molecule has 21 heavy (non-hydrogen) atoms. The van der Waals surface area contributed by atoms with Crippen LogP contribution in [0.2, 0.25) is 0 Å². The topological polar surface area (TPSA) is 88.3 Å². The molecule has 0 spiro atoms. The first kappa shape index (κ1) is 15.5. The fourth-order valence-corrected chi connectivity index (χ4v) is 2.43. The van der Waals surface area contributed by atoms with Crippen LogP contribution in [0.1, 0.15) is 50.5 Å². The number of hydrogen-bond acceptors (Lipinski definition) is 4. The van der Waals surface area contributed by atoms with E-state index >= 15 is 0 Å². The van der Waals surface area contributed by atoms with Gasteiger partial charge in [0.15, 0.2) is 5.69 Å². The summed E-state index contributed by atoms with van der Waals surface area (Å²) < 4.78 is 1.30. The zero-order valence-electron chi connectivity index (χ0n) is 12.7. The van der Waals surface area contributed by atoms with E-state index in [9.17, 15) is 9.59 Å². The molecule has 1 aliphatic carbocycles. The molecule has 2 rings (SSSR count). The SMILES string of the molecule is CCC(C)C(C)N(C(=O)Cn1cc(C(=O)O)nn1)C1CC1. The van der Waals surface area contributed by atoms with Crippen LogP contribution in [0.4, 0.5) is 0 Å². The van der Waals surface area contributed by atoms with Crippen molar-refractivity contribution in [3.63, 3.8) is 0 Å². The highest BCUT2D eigenvalue weighted by Crippen LogP contribution is 2.31. The third-order valence-corrected chi connectivity index (χ3v) is 4.19. The van der Waals surface area contributed by atoms with Gasteiger partial charge in [0.2, 0.25) is 5.91 Å². The number of carboxylic acids is 1. The number of hydrogen-bond donors (Lipinski definition) is 1. The van der Waals surface area contributed by atoms with Gasteiger partial charge in [-0.2, -0.15) is 0 Å². The summed E-state index contributed by atoms with van der Waals surface area (Å²) in [4.78, 5) is 25.2. The first-order chi connectivity index (χ1) is 9.93. The Kier molecular flexibility index (Phi) is 4.59. The third-order valence-electron chi connectivity index (χ3n) is 4.19. The largest absolute Gasteiger partial charge is 0.476 e. The Morgan fingerprint density at radius 1 is 1.48 bits per heavy atom. The number of amides is 1. The number of rotatable bonds is 7. The summed E-state index contributed by atoms with van der Waals surface area (Å²) in [6, 6.07) is 0.501. The zero-order chi connectivity index (χ0) is 15.6. The maximum absolute atomic E-state index is 12.5. The molecule has 0 saturated heterocycles. The van der Waals surface area contributed by atoms with Gasteiger partial charge < -0.3 is 10.0 Å². The molecule has 0 bridgehead atoms. The molecule has 116 valence electrons. The fourth-order valence-electron chi connectivity index (χ4n) is 2.43. The van der Waals surface area contributed by atoms with Crippen molar-refractivity contribution < 1.29 is 14.7 Å². The smallest absolute Gasteiger partial charge is 0.358 e. The molecule has 1 fully saturated rings. The van der Waals surface area contributed by atoms with Crippen molar-refractivity contribution in [3.8, 4) is 0 Å². The lowest BCUT2D eigenvalue weighted by atomic mass is 9.99. The number of carbonyl (C=O) groups excluding carboxylic acids is 1. The lowest BCUT2D eigenvalue weighted by Gasteiger charge is -2.33. The highest BCUT2D eigenvalue weighted by atomic mass is 16.4. The summed E-state index contributed by atoms with van der Waals surface area (Å²) >= 11 is 0. The summed E-state index contributed by atoms with van der Waals surface area (Å²) in [6.45, 7) is 6.38. The highest BCUT2D eigenvalue weighted by molar-refractivity contribution is 5.84. The number of aromatic carboxylic acids is 1. The van der Waals surface area contributed by atoms with Gasteiger partial charge in [-0.1, -0.05) is 25.5 Å². The summed E-state index contributed by atoms with van der Waals surface area (Å²) in [6.07, 6.45) is 4.40. The molecule has 2 unspecified atom stereocenters. The molecular formula is C14H22N4O3. The lowest BCUT2D eigenvalue weighted by molar-refractivity contribution is -0.135. The molecule has 7 heteroatoms. The Labute approximate surface area is 123 Å². The van der Waals surface area contributed by atoms with Crippen molar-refractivity contribution in [1.82, 2.24) is 19.9 Å². The van der Waals surface area contributed by atoms with Gasteiger partial charge in [-0.3, -0.25) is 4.79 Å². The Bertz CT molecular complexity index is 524. The second-order valence-corrected chi connectivity index (χ2v) is 5.76. The summed E-state index contributed by atoms with van der Waals surface area (Å²) in [5, 5.41) is 16.1. The monoisotopic (exact) mass is 294 g/mol. The van der Waals surface area contributed by atoms with Crippen molar-refractivity contribution in [3.05, 3.63) is 11.9 Å². The van der Waals surface area contributed by atoms with Crippen LogP contribution < -0.4 is 0 Å². The fraction of sp³-hybridized carbons (Fsp3) is 0.714. The Morgan fingerprint density at radius 3 is 2.62 bits per heavy atom. The van der Waals surface area contributed by atoms with E-state index in [4.69, 9.17) is 5.11 Å². The van der Waals surface area contributed by atoms with Crippen LogP contribution in [0.5, 0.6) is 0 Å². The second kappa shape index (κ2) is 6.24. The van der Waals surface area contributed by atoms with E-state index in [-0.39, 0.29) is 24.2 Å². The third kappa shape index (κ3) is 3.59. The molecule has 2 atom stereocenters. The second-order valence-electron chi connectivity index (χ2n) is 5.76. The molecule has 1 aromatic heterocycles. The van der Waals surface area contributed by atoms with E-state index in [2.05, 4.69) is 31.1 Å². The average molecular weight is 294 g/mol. The maximum Gasteiger partial charge on any atom is 0.358 e. The first-order valence-electron chi connectivity index (χ1n) is 7.38. The molecule has 0 radical (unpaired) electrons. The normalized spacial score (nSPS) is 17.3. The van der Waals surface area contributed by atoms with E-state index in [1.807, 2.05) is 4.90 Å². The number of nitrogens with zero attached hydrogens (tertiary/aromatic N) is 4. The van der Waals surface area contributed by atoms with E-state index in [1.165, 1.54) is 10.9 Å². The van der Waals surface area contributed by atoms with Gasteiger partial charge in [0, 0.05) is 12.1 Å². The van der Waals surface area contributed by atoms with Gasteiger partial charge in [-0.25, -0.2) is 9.48 Å². The number of carboxylic acid groups (broad SMARTS) is 1. The lowest BCUT2D eigenvalue weighted by Crippen LogP contribution is -2.45. The van der Waals surface area contributed by atoms with E-state index in [1.54, 1.807) is 0 Å². The molecule has 1 saturated carbocycles. The highest BCUT2D eigenvalue weighted by Gasteiger charge is 2.37. The predicted molar refractivity (Wildman–Crippen MR) is 75.8 cm³/mol. The van der Waals surface area contributed by atoms with Crippen LogP contribution in [0.25, 0.3) is 0 Å². The van der Waals surface area contributed by atoms with Gasteiger partial charge in [0.25, 0.3) is 0 Å². The molecule has 7 nitrogen and oxygen atoms in total. The molecule has 1 N–H and O–H groups in total. The van der Waals surface area contributed by atoms with Crippen LogP contribution in [-0.2, 0) is 11.3 Å². The van der Waals surface area contributed by atoms with Gasteiger partial charge in [0.1, 0.15) is 6.54 Å². The molecule has 1 aliphatic rings. The average Bonchev–Trinajstić information content (AvgIpc) is 3.15.